The summed E-state index contributed by atoms with van der Waals surface area (Å²) in [6.45, 7) is 5.83. The number of hydrogen-bond donors (Lipinski definition) is 2. The van der Waals surface area contributed by atoms with Crippen molar-refractivity contribution in [1.82, 2.24) is 5.43 Å². The summed E-state index contributed by atoms with van der Waals surface area (Å²) < 4.78 is 10.4. The van der Waals surface area contributed by atoms with Crippen molar-refractivity contribution in [3.63, 3.8) is 0 Å². The van der Waals surface area contributed by atoms with Gasteiger partial charge >= 0.3 is 0 Å². The highest BCUT2D eigenvalue weighted by molar-refractivity contribution is 6.06. The van der Waals surface area contributed by atoms with Gasteiger partial charge in [0.15, 0.2) is 11.5 Å². The largest absolute Gasteiger partial charge is 0.493 e. The van der Waals surface area contributed by atoms with Crippen LogP contribution in [0.2, 0.25) is 0 Å². The highest BCUT2D eigenvalue weighted by atomic mass is 16.5. The molecule has 0 aliphatic rings. The Bertz CT molecular complexity index is 907. The summed E-state index contributed by atoms with van der Waals surface area (Å²) in [5.41, 5.74) is 5.17. The van der Waals surface area contributed by atoms with Crippen LogP contribution in [0.15, 0.2) is 47.6 Å². The van der Waals surface area contributed by atoms with Crippen molar-refractivity contribution in [2.45, 2.75) is 33.1 Å². The number of anilines is 1. The predicted octanol–water partition coefficient (Wildman–Crippen LogP) is 3.96. The summed E-state index contributed by atoms with van der Waals surface area (Å²) >= 11 is 0. The standard InChI is InChI=1S/C22H27N3O4/c1-14(2)17-8-6-7-9-18(17)23-21(26)12-15(3)24-25-22(27)16-10-11-19(28-4)20(13-16)29-5/h6-11,13-14H,12H2,1-5H3,(H,23,26)(H,25,27). The van der Waals surface area contributed by atoms with Crippen molar-refractivity contribution in [3.05, 3.63) is 53.6 Å². The van der Waals surface area contributed by atoms with Crippen LogP contribution in [0.1, 0.15) is 49.0 Å². The molecule has 0 heterocycles. The average molecular weight is 397 g/mol. The Balaban J connectivity index is 1.98. The number of hydrazone groups is 1. The Morgan fingerprint density at radius 3 is 2.38 bits per heavy atom. The molecular formula is C22H27N3O4. The molecule has 7 heteroatoms. The third-order valence-corrected chi connectivity index (χ3v) is 4.27. The van der Waals surface area contributed by atoms with Crippen LogP contribution in [0.25, 0.3) is 0 Å². The van der Waals surface area contributed by atoms with Crippen molar-refractivity contribution in [2.24, 2.45) is 5.10 Å². The molecule has 2 aromatic rings. The molecule has 7 nitrogen and oxygen atoms in total. The summed E-state index contributed by atoms with van der Waals surface area (Å²) in [5.74, 6) is 0.670. The Labute approximate surface area is 171 Å². The lowest BCUT2D eigenvalue weighted by Crippen LogP contribution is -2.22. The first-order valence-electron chi connectivity index (χ1n) is 9.30. The molecule has 0 aliphatic heterocycles. The molecule has 0 atom stereocenters. The molecule has 0 saturated carbocycles. The topological polar surface area (TPSA) is 89.0 Å². The Kier molecular flexibility index (Phi) is 7.77. The maximum absolute atomic E-state index is 12.3. The van der Waals surface area contributed by atoms with E-state index in [0.717, 1.165) is 11.3 Å². The van der Waals surface area contributed by atoms with E-state index in [4.69, 9.17) is 9.47 Å². The van der Waals surface area contributed by atoms with E-state index in [1.165, 1.54) is 14.2 Å². The third-order valence-electron chi connectivity index (χ3n) is 4.27. The molecule has 0 spiro atoms. The van der Waals surface area contributed by atoms with Gasteiger partial charge in [0.1, 0.15) is 0 Å². The van der Waals surface area contributed by atoms with E-state index < -0.39 is 5.91 Å². The van der Waals surface area contributed by atoms with Gasteiger partial charge in [0.2, 0.25) is 5.91 Å². The van der Waals surface area contributed by atoms with Gasteiger partial charge in [0, 0.05) is 17.0 Å². The molecule has 0 saturated heterocycles. The van der Waals surface area contributed by atoms with Crippen molar-refractivity contribution in [1.29, 1.82) is 0 Å². The molecule has 0 unspecified atom stereocenters. The average Bonchev–Trinajstić information content (AvgIpc) is 2.71. The van der Waals surface area contributed by atoms with Crippen LogP contribution in [-0.2, 0) is 4.79 Å². The Hall–Kier alpha value is -3.35. The van der Waals surface area contributed by atoms with E-state index in [9.17, 15) is 9.59 Å². The van der Waals surface area contributed by atoms with Crippen LogP contribution in [0.4, 0.5) is 5.69 Å². The van der Waals surface area contributed by atoms with E-state index in [1.807, 2.05) is 24.3 Å². The van der Waals surface area contributed by atoms with E-state index in [0.29, 0.717) is 28.7 Å². The van der Waals surface area contributed by atoms with Gasteiger partial charge < -0.3 is 14.8 Å². The van der Waals surface area contributed by atoms with Crippen molar-refractivity contribution >= 4 is 23.2 Å². The smallest absolute Gasteiger partial charge is 0.271 e. The molecule has 0 aromatic heterocycles. The van der Waals surface area contributed by atoms with Gasteiger partial charge in [0.05, 0.1) is 20.6 Å². The number of ether oxygens (including phenoxy) is 2. The summed E-state index contributed by atoms with van der Waals surface area (Å²) in [7, 11) is 3.02. The number of methoxy groups -OCH3 is 2. The number of rotatable bonds is 8. The summed E-state index contributed by atoms with van der Waals surface area (Å²) in [6.07, 6.45) is 0.0681. The summed E-state index contributed by atoms with van der Waals surface area (Å²) in [5, 5.41) is 6.93. The lowest BCUT2D eigenvalue weighted by atomic mass is 10.0. The Morgan fingerprint density at radius 2 is 1.72 bits per heavy atom. The molecule has 0 fully saturated rings. The minimum atomic E-state index is -0.407. The van der Waals surface area contributed by atoms with Gasteiger partial charge in [-0.1, -0.05) is 32.0 Å². The zero-order valence-electron chi connectivity index (χ0n) is 17.4. The van der Waals surface area contributed by atoms with E-state index >= 15 is 0 Å². The zero-order chi connectivity index (χ0) is 21.4. The van der Waals surface area contributed by atoms with Gasteiger partial charge in [-0.3, -0.25) is 9.59 Å². The molecule has 0 radical (unpaired) electrons. The Morgan fingerprint density at radius 1 is 1.03 bits per heavy atom. The molecule has 0 bridgehead atoms. The molecule has 154 valence electrons. The van der Waals surface area contributed by atoms with Crippen LogP contribution < -0.4 is 20.2 Å². The number of hydrogen-bond acceptors (Lipinski definition) is 5. The molecule has 0 aliphatic carbocycles. The third kappa shape index (κ3) is 6.07. The van der Waals surface area contributed by atoms with Crippen LogP contribution in [0, 0.1) is 0 Å². The number of carbonyl (C=O) groups excluding carboxylic acids is 2. The van der Waals surface area contributed by atoms with Crippen LogP contribution in [-0.4, -0.2) is 31.7 Å². The van der Waals surface area contributed by atoms with E-state index in [1.54, 1.807) is 25.1 Å². The minimum Gasteiger partial charge on any atom is -0.493 e. The molecule has 29 heavy (non-hydrogen) atoms. The molecular weight excluding hydrogens is 370 g/mol. The van der Waals surface area contributed by atoms with Crippen LogP contribution in [0.5, 0.6) is 11.5 Å². The van der Waals surface area contributed by atoms with E-state index in [-0.39, 0.29) is 12.3 Å². The summed E-state index contributed by atoms with van der Waals surface area (Å²) in [6, 6.07) is 12.5. The molecule has 2 N–H and O–H groups in total. The fourth-order valence-corrected chi connectivity index (χ4v) is 2.77. The second kappa shape index (κ2) is 10.3. The molecule has 2 rings (SSSR count). The predicted molar refractivity (Wildman–Crippen MR) is 114 cm³/mol. The number of nitrogens with zero attached hydrogens (tertiary/aromatic N) is 1. The van der Waals surface area contributed by atoms with Crippen molar-refractivity contribution in [2.75, 3.05) is 19.5 Å². The fourth-order valence-electron chi connectivity index (χ4n) is 2.77. The summed E-state index contributed by atoms with van der Waals surface area (Å²) in [4.78, 5) is 24.6. The number of para-hydroxylation sites is 1. The van der Waals surface area contributed by atoms with Crippen LogP contribution in [0.3, 0.4) is 0 Å². The quantitative estimate of drug-likeness (QED) is 0.521. The zero-order valence-corrected chi connectivity index (χ0v) is 17.4. The van der Waals surface area contributed by atoms with Crippen LogP contribution >= 0.6 is 0 Å². The number of benzene rings is 2. The maximum Gasteiger partial charge on any atom is 0.271 e. The van der Waals surface area contributed by atoms with E-state index in [2.05, 4.69) is 29.7 Å². The first-order valence-corrected chi connectivity index (χ1v) is 9.30. The van der Waals surface area contributed by atoms with Gasteiger partial charge in [0.25, 0.3) is 5.91 Å². The van der Waals surface area contributed by atoms with Gasteiger partial charge in [-0.2, -0.15) is 5.10 Å². The first-order chi connectivity index (χ1) is 13.8. The monoisotopic (exact) mass is 397 g/mol. The number of nitrogens with one attached hydrogen (secondary N) is 2. The number of amides is 2. The maximum atomic E-state index is 12.3. The normalized spacial score (nSPS) is 11.2. The van der Waals surface area contributed by atoms with Crippen molar-refractivity contribution < 1.29 is 19.1 Å². The fraction of sp³-hybridized carbons (Fsp3) is 0.318. The first kappa shape index (κ1) is 21.9. The second-order valence-electron chi connectivity index (χ2n) is 6.82. The SMILES string of the molecule is COc1ccc(C(=O)NN=C(C)CC(=O)Nc2ccccc2C(C)C)cc1OC. The molecule has 2 aromatic carbocycles. The lowest BCUT2D eigenvalue weighted by Gasteiger charge is -2.13. The van der Waals surface area contributed by atoms with Crippen molar-refractivity contribution in [3.8, 4) is 11.5 Å². The lowest BCUT2D eigenvalue weighted by molar-refractivity contribution is -0.115. The minimum absolute atomic E-state index is 0.0681. The molecule has 2 amide bonds. The van der Waals surface area contributed by atoms with Gasteiger partial charge in [-0.25, -0.2) is 5.43 Å². The highest BCUT2D eigenvalue weighted by Crippen LogP contribution is 2.27. The highest BCUT2D eigenvalue weighted by Gasteiger charge is 2.12. The van der Waals surface area contributed by atoms with Gasteiger partial charge in [-0.05, 0) is 42.7 Å². The van der Waals surface area contributed by atoms with Gasteiger partial charge in [-0.15, -0.1) is 0 Å². The second-order valence-corrected chi connectivity index (χ2v) is 6.82. The number of carbonyl (C=O) groups is 2.